The molecule has 1 aromatic carbocycles. The maximum Gasteiger partial charge on any atom is 0.344 e. The van der Waals surface area contributed by atoms with Crippen molar-refractivity contribution in [2.45, 2.75) is 32.3 Å². The van der Waals surface area contributed by atoms with Crippen LogP contribution in [0.15, 0.2) is 18.2 Å². The van der Waals surface area contributed by atoms with Gasteiger partial charge in [-0.3, -0.25) is 4.79 Å². The molecule has 96 valence electrons. The normalized spacial score (nSPS) is 15.5. The zero-order valence-corrected chi connectivity index (χ0v) is 10.1. The summed E-state index contributed by atoms with van der Waals surface area (Å²) in [6, 6.07) is 5.28. The number of aliphatic carboxylic acids is 1. The van der Waals surface area contributed by atoms with E-state index in [1.807, 2.05) is 0 Å². The highest BCUT2D eigenvalue weighted by Gasteiger charge is 2.22. The second-order valence-corrected chi connectivity index (χ2v) is 4.18. The Hall–Kier alpha value is -2.04. The molecule has 2 rings (SSSR count). The first-order chi connectivity index (χ1) is 8.61. The lowest BCUT2D eigenvalue weighted by atomic mass is 10.0. The van der Waals surface area contributed by atoms with E-state index in [1.54, 1.807) is 25.1 Å². The first-order valence-electron chi connectivity index (χ1n) is 5.93. The van der Waals surface area contributed by atoms with Crippen LogP contribution in [0.1, 0.15) is 25.3 Å². The second kappa shape index (κ2) is 5.08. The van der Waals surface area contributed by atoms with E-state index in [-0.39, 0.29) is 5.91 Å². The van der Waals surface area contributed by atoms with Gasteiger partial charge in [-0.15, -0.1) is 0 Å². The molecular formula is C13H15NO4. The van der Waals surface area contributed by atoms with Crippen molar-refractivity contribution in [3.63, 3.8) is 0 Å². The van der Waals surface area contributed by atoms with Crippen molar-refractivity contribution < 1.29 is 19.4 Å². The van der Waals surface area contributed by atoms with E-state index in [2.05, 4.69) is 5.32 Å². The number of carbonyl (C=O) groups excluding carboxylic acids is 1. The van der Waals surface area contributed by atoms with Crippen LogP contribution in [0.5, 0.6) is 5.75 Å². The van der Waals surface area contributed by atoms with Crippen LogP contribution in [0.4, 0.5) is 5.69 Å². The van der Waals surface area contributed by atoms with Gasteiger partial charge in [-0.2, -0.15) is 0 Å². The lowest BCUT2D eigenvalue weighted by Crippen LogP contribution is -2.27. The Bertz CT molecular complexity index is 484. The van der Waals surface area contributed by atoms with Gasteiger partial charge in [0.15, 0.2) is 6.10 Å². The quantitative estimate of drug-likeness (QED) is 0.853. The number of amides is 1. The number of fused-ring (bicyclic) bond motifs is 1. The molecule has 0 radical (unpaired) electrons. The monoisotopic (exact) mass is 249 g/mol. The van der Waals surface area contributed by atoms with Gasteiger partial charge in [0.2, 0.25) is 5.91 Å². The zero-order valence-electron chi connectivity index (χ0n) is 10.1. The van der Waals surface area contributed by atoms with Gasteiger partial charge in [0.1, 0.15) is 5.75 Å². The summed E-state index contributed by atoms with van der Waals surface area (Å²) in [5.41, 5.74) is 1.58. The van der Waals surface area contributed by atoms with Crippen LogP contribution in [0, 0.1) is 0 Å². The predicted octanol–water partition coefficient (Wildman–Crippen LogP) is 1.81. The van der Waals surface area contributed by atoms with Crippen molar-refractivity contribution in [1.82, 2.24) is 0 Å². The molecule has 1 heterocycles. The van der Waals surface area contributed by atoms with Crippen LogP contribution in [-0.4, -0.2) is 23.1 Å². The molecule has 5 nitrogen and oxygen atoms in total. The van der Waals surface area contributed by atoms with Crippen molar-refractivity contribution in [2.75, 3.05) is 5.32 Å². The van der Waals surface area contributed by atoms with E-state index < -0.39 is 12.1 Å². The van der Waals surface area contributed by atoms with Gasteiger partial charge in [0.05, 0.1) is 0 Å². The molecule has 1 amide bonds. The van der Waals surface area contributed by atoms with Crippen LogP contribution in [0.3, 0.4) is 0 Å². The molecule has 0 spiro atoms. The van der Waals surface area contributed by atoms with Crippen molar-refractivity contribution in [3.05, 3.63) is 23.8 Å². The summed E-state index contributed by atoms with van der Waals surface area (Å²) in [6.07, 6.45) is 0.518. The van der Waals surface area contributed by atoms with Gasteiger partial charge in [0, 0.05) is 17.7 Å². The van der Waals surface area contributed by atoms with E-state index >= 15 is 0 Å². The summed E-state index contributed by atoms with van der Waals surface area (Å²) < 4.78 is 5.51. The fraction of sp³-hybridized carbons (Fsp3) is 0.385. The smallest absolute Gasteiger partial charge is 0.344 e. The third-order valence-electron chi connectivity index (χ3n) is 2.92. The number of ether oxygens (including phenoxy) is 1. The Labute approximate surface area is 105 Å². The first kappa shape index (κ1) is 12.4. The van der Waals surface area contributed by atoms with Crippen LogP contribution in [0.2, 0.25) is 0 Å². The number of carbonyl (C=O) groups is 2. The van der Waals surface area contributed by atoms with Crippen LogP contribution < -0.4 is 10.1 Å². The van der Waals surface area contributed by atoms with Crippen LogP contribution in [0.25, 0.3) is 0 Å². The number of nitrogens with one attached hydrogen (secondary N) is 1. The molecule has 1 aliphatic rings. The topological polar surface area (TPSA) is 75.6 Å². The van der Waals surface area contributed by atoms with E-state index in [4.69, 9.17) is 9.84 Å². The van der Waals surface area contributed by atoms with Gasteiger partial charge in [0.25, 0.3) is 0 Å². The van der Waals surface area contributed by atoms with E-state index in [1.165, 1.54) is 0 Å². The van der Waals surface area contributed by atoms with Gasteiger partial charge >= 0.3 is 5.97 Å². The molecule has 0 fully saturated rings. The van der Waals surface area contributed by atoms with Gasteiger partial charge in [-0.25, -0.2) is 4.79 Å². The average molecular weight is 249 g/mol. The van der Waals surface area contributed by atoms with Gasteiger partial charge < -0.3 is 15.2 Å². The predicted molar refractivity (Wildman–Crippen MR) is 65.7 cm³/mol. The molecule has 0 saturated carbocycles. The number of hydrogen-bond donors (Lipinski definition) is 2. The number of anilines is 1. The summed E-state index contributed by atoms with van der Waals surface area (Å²) in [5.74, 6) is -0.457. The highest BCUT2D eigenvalue weighted by atomic mass is 16.5. The Morgan fingerprint density at radius 3 is 2.94 bits per heavy atom. The Morgan fingerprint density at radius 1 is 1.50 bits per heavy atom. The van der Waals surface area contributed by atoms with Crippen molar-refractivity contribution >= 4 is 17.6 Å². The fourth-order valence-electron chi connectivity index (χ4n) is 1.96. The third-order valence-corrected chi connectivity index (χ3v) is 2.92. The van der Waals surface area contributed by atoms with Gasteiger partial charge in [-0.05, 0) is 25.0 Å². The van der Waals surface area contributed by atoms with Crippen LogP contribution >= 0.6 is 0 Å². The van der Waals surface area contributed by atoms with E-state index in [0.29, 0.717) is 30.7 Å². The Morgan fingerprint density at radius 2 is 2.28 bits per heavy atom. The Balaban J connectivity index is 2.26. The number of carboxylic acid groups (broad SMARTS) is 1. The highest BCUT2D eigenvalue weighted by molar-refractivity contribution is 5.94. The standard InChI is InChI=1S/C13H15NO4/c1-2-10(13(16)17)18-11-5-3-4-9-8(11)6-7-12(15)14-9/h3-5,10H,2,6-7H2,1H3,(H,14,15)(H,16,17). The first-order valence-corrected chi connectivity index (χ1v) is 5.93. The molecule has 0 bridgehead atoms. The highest BCUT2D eigenvalue weighted by Crippen LogP contribution is 2.31. The van der Waals surface area contributed by atoms with E-state index in [0.717, 1.165) is 5.56 Å². The summed E-state index contributed by atoms with van der Waals surface area (Å²) in [4.78, 5) is 22.2. The number of carboxylic acids is 1. The second-order valence-electron chi connectivity index (χ2n) is 4.18. The Kier molecular flexibility index (Phi) is 3.50. The third kappa shape index (κ3) is 2.45. The number of benzene rings is 1. The summed E-state index contributed by atoms with van der Waals surface area (Å²) in [7, 11) is 0. The molecule has 1 unspecified atom stereocenters. The van der Waals surface area contributed by atoms with Gasteiger partial charge in [-0.1, -0.05) is 13.0 Å². The lowest BCUT2D eigenvalue weighted by molar-refractivity contribution is -0.145. The molecular weight excluding hydrogens is 234 g/mol. The fourth-order valence-corrected chi connectivity index (χ4v) is 1.96. The summed E-state index contributed by atoms with van der Waals surface area (Å²) in [6.45, 7) is 1.76. The maximum atomic E-state index is 11.3. The molecule has 1 aliphatic heterocycles. The summed E-state index contributed by atoms with van der Waals surface area (Å²) >= 11 is 0. The minimum Gasteiger partial charge on any atom is -0.479 e. The van der Waals surface area contributed by atoms with Crippen molar-refractivity contribution in [1.29, 1.82) is 0 Å². The molecule has 18 heavy (non-hydrogen) atoms. The lowest BCUT2D eigenvalue weighted by Gasteiger charge is -2.22. The molecule has 0 aliphatic carbocycles. The molecule has 5 heteroatoms. The number of hydrogen-bond acceptors (Lipinski definition) is 3. The van der Waals surface area contributed by atoms with Crippen molar-refractivity contribution in [2.24, 2.45) is 0 Å². The van der Waals surface area contributed by atoms with E-state index in [9.17, 15) is 9.59 Å². The maximum absolute atomic E-state index is 11.3. The molecule has 2 N–H and O–H groups in total. The molecule has 1 aromatic rings. The zero-order chi connectivity index (χ0) is 13.1. The largest absolute Gasteiger partial charge is 0.479 e. The molecule has 1 atom stereocenters. The molecule has 0 saturated heterocycles. The minimum absolute atomic E-state index is 0.0232. The molecule has 0 aromatic heterocycles. The average Bonchev–Trinajstić information content (AvgIpc) is 2.35. The SMILES string of the molecule is CCC(Oc1cccc2c1CCC(=O)N2)C(=O)O. The number of rotatable bonds is 4. The minimum atomic E-state index is -0.977. The van der Waals surface area contributed by atoms with Crippen LogP contribution in [-0.2, 0) is 16.0 Å². The van der Waals surface area contributed by atoms with Crippen molar-refractivity contribution in [3.8, 4) is 5.75 Å². The summed E-state index contributed by atoms with van der Waals surface area (Å²) in [5, 5.41) is 11.7.